The van der Waals surface area contributed by atoms with Gasteiger partial charge in [-0.2, -0.15) is 0 Å². The Hall–Kier alpha value is -1.18. The Morgan fingerprint density at radius 2 is 2.24 bits per heavy atom. The maximum atomic E-state index is 12.2. The summed E-state index contributed by atoms with van der Waals surface area (Å²) in [6.07, 6.45) is 1.82. The minimum absolute atomic E-state index is 0.130. The molecule has 0 radical (unpaired) electrons. The number of amides is 1. The van der Waals surface area contributed by atoms with E-state index >= 15 is 0 Å². The number of rotatable bonds is 4. The van der Waals surface area contributed by atoms with Gasteiger partial charge in [0.2, 0.25) is 0 Å². The van der Waals surface area contributed by atoms with E-state index in [1.54, 1.807) is 16.7 Å². The van der Waals surface area contributed by atoms with Crippen LogP contribution in [0.4, 0.5) is 0 Å². The lowest BCUT2D eigenvalue weighted by Gasteiger charge is -2.49. The molecule has 2 saturated heterocycles. The predicted octanol–water partition coefficient (Wildman–Crippen LogP) is 1.03. The Morgan fingerprint density at radius 3 is 2.90 bits per heavy atom. The first-order valence-corrected chi connectivity index (χ1v) is 8.84. The quantitative estimate of drug-likeness (QED) is 0.507. The Kier molecular flexibility index (Phi) is 3.90. The number of β-lactam (4-membered cyclic amide) rings is 1. The summed E-state index contributed by atoms with van der Waals surface area (Å²) in [5, 5.41) is -0.130. The van der Waals surface area contributed by atoms with Crippen molar-refractivity contribution in [1.29, 1.82) is 0 Å². The number of thioether (sulfide) groups is 2. The van der Waals surface area contributed by atoms with Gasteiger partial charge in [0.15, 0.2) is 4.87 Å². The molecule has 0 saturated carbocycles. The van der Waals surface area contributed by atoms with Gasteiger partial charge in [-0.15, -0.1) is 23.5 Å². The minimum atomic E-state index is -0.890. The number of benzene rings is 1. The van der Waals surface area contributed by atoms with Crippen LogP contribution in [0.3, 0.4) is 0 Å². The molecule has 2 aliphatic rings. The van der Waals surface area contributed by atoms with E-state index in [-0.39, 0.29) is 23.9 Å². The maximum absolute atomic E-state index is 12.2. The second kappa shape index (κ2) is 5.55. The van der Waals surface area contributed by atoms with Gasteiger partial charge in [-0.25, -0.2) is 4.79 Å². The van der Waals surface area contributed by atoms with Gasteiger partial charge in [-0.05, 0) is 11.8 Å². The largest absolute Gasteiger partial charge is 0.459 e. The summed E-state index contributed by atoms with van der Waals surface area (Å²) >= 11 is 2.88. The van der Waals surface area contributed by atoms with Crippen LogP contribution in [0.5, 0.6) is 0 Å². The average molecular weight is 324 g/mol. The highest BCUT2D eigenvalue weighted by Gasteiger charge is 2.65. The Bertz CT molecular complexity index is 569. The van der Waals surface area contributed by atoms with E-state index in [9.17, 15) is 9.59 Å². The number of hydrogen-bond donors (Lipinski definition) is 1. The number of nitrogens with zero attached hydrogens (tertiary/aromatic N) is 1. The number of carbonyl (C=O) groups is 2. The van der Waals surface area contributed by atoms with Crippen molar-refractivity contribution >= 4 is 35.4 Å². The van der Waals surface area contributed by atoms with E-state index in [0.717, 1.165) is 5.56 Å². The SMILES string of the molecule is CS[C@@]1(N)C(=O)N2C(C(=O)OCc3ccccc3)CS[C@H]21. The van der Waals surface area contributed by atoms with E-state index in [1.165, 1.54) is 11.8 Å². The molecule has 1 unspecified atom stereocenters. The van der Waals surface area contributed by atoms with Crippen LogP contribution in [-0.4, -0.2) is 45.1 Å². The molecule has 2 heterocycles. The molecule has 2 N–H and O–H groups in total. The highest BCUT2D eigenvalue weighted by Crippen LogP contribution is 2.49. The van der Waals surface area contributed by atoms with Gasteiger partial charge in [-0.3, -0.25) is 4.79 Å². The minimum Gasteiger partial charge on any atom is -0.459 e. The van der Waals surface area contributed by atoms with Crippen molar-refractivity contribution < 1.29 is 14.3 Å². The van der Waals surface area contributed by atoms with Crippen molar-refractivity contribution in [1.82, 2.24) is 4.90 Å². The molecule has 7 heteroatoms. The van der Waals surface area contributed by atoms with Crippen molar-refractivity contribution in [2.75, 3.05) is 12.0 Å². The van der Waals surface area contributed by atoms with Gasteiger partial charge in [0, 0.05) is 5.75 Å². The number of esters is 1. The average Bonchev–Trinajstić information content (AvgIpc) is 2.95. The Labute approximate surface area is 131 Å². The molecule has 0 aromatic heterocycles. The van der Waals surface area contributed by atoms with Crippen LogP contribution in [0, 0.1) is 0 Å². The third kappa shape index (κ3) is 2.33. The lowest BCUT2D eigenvalue weighted by Crippen LogP contribution is -2.75. The monoisotopic (exact) mass is 324 g/mol. The first-order valence-electron chi connectivity index (χ1n) is 6.57. The van der Waals surface area contributed by atoms with E-state index in [1.807, 2.05) is 36.6 Å². The lowest BCUT2D eigenvalue weighted by molar-refractivity contribution is -0.162. The van der Waals surface area contributed by atoms with Crippen LogP contribution in [0.25, 0.3) is 0 Å². The second-order valence-electron chi connectivity index (χ2n) is 5.00. The number of hydrogen-bond acceptors (Lipinski definition) is 6. The summed E-state index contributed by atoms with van der Waals surface area (Å²) in [5.74, 6) is 0.0146. The molecule has 1 aromatic rings. The number of fused-ring (bicyclic) bond motifs is 1. The molecular formula is C14H16N2O3S2. The lowest BCUT2D eigenvalue weighted by atomic mass is 10.0. The van der Waals surface area contributed by atoms with Crippen LogP contribution < -0.4 is 5.73 Å². The van der Waals surface area contributed by atoms with E-state index in [0.29, 0.717) is 5.75 Å². The third-order valence-corrected chi connectivity index (χ3v) is 6.42. The standard InChI is InChI=1S/C14H16N2O3S2/c1-20-14(15)12(18)16-10(8-21-13(14)16)11(17)19-7-9-5-3-2-4-6-9/h2-6,10,13H,7-8,15H2,1H3/t10?,13-,14-/m0/s1. The van der Waals surface area contributed by atoms with Crippen molar-refractivity contribution in [2.24, 2.45) is 5.73 Å². The first kappa shape index (κ1) is 14.7. The molecule has 3 rings (SSSR count). The zero-order valence-electron chi connectivity index (χ0n) is 11.5. The molecule has 2 fully saturated rings. The van der Waals surface area contributed by atoms with Gasteiger partial charge >= 0.3 is 5.97 Å². The second-order valence-corrected chi connectivity index (χ2v) is 7.20. The van der Waals surface area contributed by atoms with Crippen LogP contribution in [0.15, 0.2) is 30.3 Å². The zero-order valence-corrected chi connectivity index (χ0v) is 13.2. The van der Waals surface area contributed by atoms with Crippen LogP contribution >= 0.6 is 23.5 Å². The normalized spacial score (nSPS) is 30.8. The summed E-state index contributed by atoms with van der Waals surface area (Å²) in [6.45, 7) is 0.226. The number of nitrogens with two attached hydrogens (primary N) is 1. The van der Waals surface area contributed by atoms with E-state index in [4.69, 9.17) is 10.5 Å². The van der Waals surface area contributed by atoms with E-state index in [2.05, 4.69) is 0 Å². The molecule has 2 aliphatic heterocycles. The van der Waals surface area contributed by atoms with Crippen molar-refractivity contribution in [3.05, 3.63) is 35.9 Å². The molecule has 112 valence electrons. The Morgan fingerprint density at radius 1 is 1.52 bits per heavy atom. The molecule has 0 bridgehead atoms. The fraction of sp³-hybridized carbons (Fsp3) is 0.429. The maximum Gasteiger partial charge on any atom is 0.330 e. The fourth-order valence-corrected chi connectivity index (χ4v) is 5.02. The zero-order chi connectivity index (χ0) is 15.0. The third-order valence-electron chi connectivity index (χ3n) is 3.77. The van der Waals surface area contributed by atoms with Crippen LogP contribution in [0.2, 0.25) is 0 Å². The van der Waals surface area contributed by atoms with Crippen LogP contribution in [-0.2, 0) is 20.9 Å². The fourth-order valence-electron chi connectivity index (χ4n) is 2.52. The number of ether oxygens (including phenoxy) is 1. The highest BCUT2D eigenvalue weighted by atomic mass is 32.2. The summed E-state index contributed by atoms with van der Waals surface area (Å²) in [6, 6.07) is 8.97. The van der Waals surface area contributed by atoms with E-state index < -0.39 is 10.9 Å². The number of carbonyl (C=O) groups excluding carboxylic acids is 2. The molecule has 0 spiro atoms. The van der Waals surface area contributed by atoms with Crippen LogP contribution in [0.1, 0.15) is 5.56 Å². The smallest absolute Gasteiger partial charge is 0.330 e. The molecule has 1 amide bonds. The highest BCUT2D eigenvalue weighted by molar-refractivity contribution is 8.05. The van der Waals surface area contributed by atoms with Crippen molar-refractivity contribution in [2.45, 2.75) is 22.9 Å². The summed E-state index contributed by atoms with van der Waals surface area (Å²) in [7, 11) is 0. The van der Waals surface area contributed by atoms with Gasteiger partial charge in [0.1, 0.15) is 18.0 Å². The summed E-state index contributed by atoms with van der Waals surface area (Å²) in [5.41, 5.74) is 6.99. The van der Waals surface area contributed by atoms with Gasteiger partial charge in [-0.1, -0.05) is 30.3 Å². The molecule has 5 nitrogen and oxygen atoms in total. The molecule has 3 atom stereocenters. The van der Waals surface area contributed by atoms with Gasteiger partial charge < -0.3 is 15.4 Å². The molecular weight excluding hydrogens is 308 g/mol. The first-order chi connectivity index (χ1) is 10.1. The van der Waals surface area contributed by atoms with Crippen molar-refractivity contribution in [3.63, 3.8) is 0 Å². The van der Waals surface area contributed by atoms with Gasteiger partial charge in [0.25, 0.3) is 5.91 Å². The topological polar surface area (TPSA) is 72.6 Å². The van der Waals surface area contributed by atoms with Gasteiger partial charge in [0.05, 0.1) is 0 Å². The molecule has 1 aromatic carbocycles. The molecule has 21 heavy (non-hydrogen) atoms. The summed E-state index contributed by atoms with van der Waals surface area (Å²) in [4.78, 5) is 25.0. The Balaban J connectivity index is 1.61. The predicted molar refractivity (Wildman–Crippen MR) is 83.6 cm³/mol. The van der Waals surface area contributed by atoms with Crippen molar-refractivity contribution in [3.8, 4) is 0 Å². The molecule has 0 aliphatic carbocycles. The summed E-state index contributed by atoms with van der Waals surface area (Å²) < 4.78 is 5.32.